The Morgan fingerprint density at radius 1 is 1.12 bits per heavy atom. The van der Waals surface area contributed by atoms with Crippen molar-refractivity contribution >= 4 is 45.1 Å². The Morgan fingerprint density at radius 2 is 1.79 bits per heavy atom. The normalized spacial score (nSPS) is 10.5. The molecule has 3 rings (SSSR count). The van der Waals surface area contributed by atoms with E-state index in [2.05, 4.69) is 52.2 Å². The number of benzene rings is 2. The van der Waals surface area contributed by atoms with Gasteiger partial charge in [0.25, 0.3) is 0 Å². The summed E-state index contributed by atoms with van der Waals surface area (Å²) >= 11 is 4.68. The molecule has 0 atom stereocenters. The van der Waals surface area contributed by atoms with E-state index in [9.17, 15) is 15.3 Å². The van der Waals surface area contributed by atoms with Crippen LogP contribution < -0.4 is 11.1 Å². The number of carbonyl (C=O) groups excluding carboxylic acids is 1. The molecule has 1 aromatic heterocycles. The van der Waals surface area contributed by atoms with Gasteiger partial charge in [-0.25, -0.2) is 4.98 Å². The SMILES string of the molecule is CC(C)c1ccc(-c2c(C#N)c(N)nc(SCCC(=O)Nc3ccccc3Br)c2C#N)cc1. The number of nitrogens with one attached hydrogen (secondary N) is 1. The molecule has 0 aliphatic heterocycles. The number of nitriles is 2. The highest BCUT2D eigenvalue weighted by atomic mass is 79.9. The van der Waals surface area contributed by atoms with E-state index in [-0.39, 0.29) is 29.3 Å². The summed E-state index contributed by atoms with van der Waals surface area (Å²) in [6.07, 6.45) is 0.219. The Balaban J connectivity index is 1.84. The van der Waals surface area contributed by atoms with Crippen LogP contribution in [-0.4, -0.2) is 16.6 Å². The van der Waals surface area contributed by atoms with Gasteiger partial charge in [-0.3, -0.25) is 4.79 Å². The van der Waals surface area contributed by atoms with Crippen LogP contribution in [0.3, 0.4) is 0 Å². The summed E-state index contributed by atoms with van der Waals surface area (Å²) in [4.78, 5) is 16.7. The number of nitrogens with two attached hydrogens (primary N) is 1. The van der Waals surface area contributed by atoms with Crippen molar-refractivity contribution in [3.05, 3.63) is 69.7 Å². The van der Waals surface area contributed by atoms with Crippen molar-refractivity contribution in [2.45, 2.75) is 31.2 Å². The molecule has 166 valence electrons. The summed E-state index contributed by atoms with van der Waals surface area (Å²) in [6, 6.07) is 19.4. The largest absolute Gasteiger partial charge is 0.383 e. The van der Waals surface area contributed by atoms with Gasteiger partial charge in [0.15, 0.2) is 0 Å². The van der Waals surface area contributed by atoms with E-state index in [1.54, 1.807) is 0 Å². The molecule has 33 heavy (non-hydrogen) atoms. The maximum atomic E-state index is 12.4. The van der Waals surface area contributed by atoms with Gasteiger partial charge < -0.3 is 11.1 Å². The van der Waals surface area contributed by atoms with E-state index < -0.39 is 0 Å². The lowest BCUT2D eigenvalue weighted by atomic mass is 9.94. The molecule has 3 aromatic rings. The standard InChI is InChI=1S/C25H22BrN5OS/c1-15(2)16-7-9-17(10-8-16)23-18(13-27)24(29)31-25(19(23)14-28)33-12-11-22(32)30-21-6-4-3-5-20(21)26/h3-10,15H,11-12H2,1-2H3,(H2,29,31)(H,30,32). The number of nitrogen functional groups attached to an aromatic ring is 1. The van der Waals surface area contributed by atoms with E-state index in [0.717, 1.165) is 15.6 Å². The molecule has 0 aliphatic rings. The lowest BCUT2D eigenvalue weighted by Crippen LogP contribution is -2.12. The molecule has 0 spiro atoms. The summed E-state index contributed by atoms with van der Waals surface area (Å²) in [5.74, 6) is 0.675. The Labute approximate surface area is 206 Å². The highest BCUT2D eigenvalue weighted by Crippen LogP contribution is 2.36. The number of carbonyl (C=O) groups is 1. The predicted octanol–water partition coefficient (Wildman–Crippen LogP) is 6.08. The average molecular weight is 520 g/mol. The molecule has 0 radical (unpaired) electrons. The second-order valence-electron chi connectivity index (χ2n) is 7.55. The van der Waals surface area contributed by atoms with Crippen LogP contribution in [0.1, 0.15) is 42.9 Å². The predicted molar refractivity (Wildman–Crippen MR) is 136 cm³/mol. The van der Waals surface area contributed by atoms with Crippen LogP contribution in [-0.2, 0) is 4.79 Å². The number of halogens is 1. The van der Waals surface area contributed by atoms with Crippen LogP contribution in [0.4, 0.5) is 11.5 Å². The average Bonchev–Trinajstić information content (AvgIpc) is 2.80. The lowest BCUT2D eigenvalue weighted by Gasteiger charge is -2.14. The van der Waals surface area contributed by atoms with Crippen LogP contribution in [0.25, 0.3) is 11.1 Å². The topological polar surface area (TPSA) is 116 Å². The minimum absolute atomic E-state index is 0.0691. The third-order valence-electron chi connectivity index (χ3n) is 5.00. The molecule has 0 aliphatic carbocycles. The minimum Gasteiger partial charge on any atom is -0.383 e. The van der Waals surface area contributed by atoms with Gasteiger partial charge in [-0.05, 0) is 45.1 Å². The smallest absolute Gasteiger partial charge is 0.225 e. The number of hydrogen-bond acceptors (Lipinski definition) is 6. The lowest BCUT2D eigenvalue weighted by molar-refractivity contribution is -0.115. The maximum absolute atomic E-state index is 12.4. The van der Waals surface area contributed by atoms with Gasteiger partial charge in [0.05, 0.1) is 11.3 Å². The highest BCUT2D eigenvalue weighted by molar-refractivity contribution is 9.10. The van der Waals surface area contributed by atoms with E-state index >= 15 is 0 Å². The first-order chi connectivity index (χ1) is 15.8. The molecule has 0 bridgehead atoms. The molecule has 0 fully saturated rings. The number of rotatable bonds is 7. The molecule has 1 heterocycles. The van der Waals surface area contributed by atoms with E-state index in [0.29, 0.717) is 27.9 Å². The van der Waals surface area contributed by atoms with Gasteiger partial charge in [0, 0.05) is 22.2 Å². The number of pyridine rings is 1. The Hall–Kier alpha value is -3.33. The summed E-state index contributed by atoms with van der Waals surface area (Å²) in [5.41, 5.74) is 9.60. The fourth-order valence-corrected chi connectivity index (χ4v) is 4.56. The molecule has 8 heteroatoms. The van der Waals surface area contributed by atoms with E-state index in [1.165, 1.54) is 11.8 Å². The zero-order valence-electron chi connectivity index (χ0n) is 18.2. The Kier molecular flexibility index (Phi) is 8.11. The number of thioether (sulfide) groups is 1. The number of nitrogens with zero attached hydrogens (tertiary/aromatic N) is 3. The Bertz CT molecular complexity index is 1260. The maximum Gasteiger partial charge on any atom is 0.225 e. The number of anilines is 2. The second kappa shape index (κ2) is 11.0. The zero-order chi connectivity index (χ0) is 24.0. The van der Waals surface area contributed by atoms with Crippen molar-refractivity contribution in [1.29, 1.82) is 10.5 Å². The zero-order valence-corrected chi connectivity index (χ0v) is 20.6. The van der Waals surface area contributed by atoms with Gasteiger partial charge in [-0.2, -0.15) is 10.5 Å². The van der Waals surface area contributed by atoms with Crippen LogP contribution in [0, 0.1) is 22.7 Å². The van der Waals surface area contributed by atoms with Crippen LogP contribution in [0.5, 0.6) is 0 Å². The van der Waals surface area contributed by atoms with Gasteiger partial charge in [-0.1, -0.05) is 50.2 Å². The van der Waals surface area contributed by atoms with Crippen LogP contribution in [0.2, 0.25) is 0 Å². The molecule has 6 nitrogen and oxygen atoms in total. The van der Waals surface area contributed by atoms with Gasteiger partial charge in [0.1, 0.15) is 28.5 Å². The van der Waals surface area contributed by atoms with E-state index in [4.69, 9.17) is 5.73 Å². The number of hydrogen-bond donors (Lipinski definition) is 2. The number of para-hydroxylation sites is 1. The molecule has 0 saturated heterocycles. The molecular formula is C25H22BrN5OS. The van der Waals surface area contributed by atoms with Crippen molar-refractivity contribution in [3.63, 3.8) is 0 Å². The monoisotopic (exact) mass is 519 g/mol. The second-order valence-corrected chi connectivity index (χ2v) is 9.49. The quantitative estimate of drug-likeness (QED) is 0.365. The van der Waals surface area contributed by atoms with Crippen molar-refractivity contribution in [2.24, 2.45) is 0 Å². The van der Waals surface area contributed by atoms with E-state index in [1.807, 2.05) is 48.5 Å². The van der Waals surface area contributed by atoms with Gasteiger partial charge in [0.2, 0.25) is 5.91 Å². The number of aromatic nitrogens is 1. The fourth-order valence-electron chi connectivity index (χ4n) is 3.24. The minimum atomic E-state index is -0.154. The van der Waals surface area contributed by atoms with Gasteiger partial charge >= 0.3 is 0 Å². The van der Waals surface area contributed by atoms with Crippen molar-refractivity contribution < 1.29 is 4.79 Å². The summed E-state index contributed by atoms with van der Waals surface area (Å²) in [5, 5.41) is 22.9. The Morgan fingerprint density at radius 3 is 2.39 bits per heavy atom. The first-order valence-electron chi connectivity index (χ1n) is 10.3. The molecule has 1 amide bonds. The molecule has 0 saturated carbocycles. The molecular weight excluding hydrogens is 498 g/mol. The van der Waals surface area contributed by atoms with Crippen LogP contribution in [0.15, 0.2) is 58.0 Å². The first-order valence-corrected chi connectivity index (χ1v) is 12.0. The van der Waals surface area contributed by atoms with Crippen molar-refractivity contribution in [3.8, 4) is 23.3 Å². The third-order valence-corrected chi connectivity index (χ3v) is 6.67. The highest BCUT2D eigenvalue weighted by Gasteiger charge is 2.21. The molecule has 0 unspecified atom stereocenters. The molecule has 3 N–H and O–H groups in total. The summed E-state index contributed by atoms with van der Waals surface area (Å²) in [6.45, 7) is 4.20. The van der Waals surface area contributed by atoms with Crippen molar-refractivity contribution in [1.82, 2.24) is 4.98 Å². The van der Waals surface area contributed by atoms with Gasteiger partial charge in [-0.15, -0.1) is 11.8 Å². The fraction of sp³-hybridized carbons (Fsp3) is 0.200. The number of amides is 1. The van der Waals surface area contributed by atoms with Crippen molar-refractivity contribution in [2.75, 3.05) is 16.8 Å². The first kappa shape index (κ1) is 24.3. The van der Waals surface area contributed by atoms with Crippen LogP contribution >= 0.6 is 27.7 Å². The summed E-state index contributed by atoms with van der Waals surface area (Å²) in [7, 11) is 0. The third kappa shape index (κ3) is 5.73. The molecule has 2 aromatic carbocycles. The summed E-state index contributed by atoms with van der Waals surface area (Å²) < 4.78 is 0.799.